The molecule has 1 heterocycles. The van der Waals surface area contributed by atoms with Crippen LogP contribution in [0.15, 0.2) is 0 Å². The third-order valence-electron chi connectivity index (χ3n) is 4.25. The van der Waals surface area contributed by atoms with E-state index in [0.717, 1.165) is 44.2 Å². The number of rotatable bonds is 7. The lowest BCUT2D eigenvalue weighted by Gasteiger charge is -2.35. The molecule has 3 heteroatoms. The fraction of sp³-hybridized carbons (Fsp3) is 0.938. The van der Waals surface area contributed by atoms with Crippen LogP contribution in [-0.4, -0.2) is 37.0 Å². The van der Waals surface area contributed by atoms with E-state index in [1.807, 2.05) is 0 Å². The molecule has 0 bridgehead atoms. The molecule has 1 aliphatic rings. The molecule has 1 amide bonds. The van der Waals surface area contributed by atoms with Gasteiger partial charge in [-0.15, -0.1) is 0 Å². The van der Waals surface area contributed by atoms with E-state index in [0.29, 0.717) is 0 Å². The van der Waals surface area contributed by atoms with Crippen LogP contribution in [0, 0.1) is 17.8 Å². The molecule has 1 rings (SSSR count). The van der Waals surface area contributed by atoms with Gasteiger partial charge in [-0.05, 0) is 44.1 Å². The highest BCUT2D eigenvalue weighted by Gasteiger charge is 2.21. The summed E-state index contributed by atoms with van der Waals surface area (Å²) < 4.78 is 0. The van der Waals surface area contributed by atoms with Crippen molar-refractivity contribution in [1.82, 2.24) is 10.2 Å². The van der Waals surface area contributed by atoms with Gasteiger partial charge in [0.25, 0.3) is 0 Å². The van der Waals surface area contributed by atoms with Gasteiger partial charge in [0.2, 0.25) is 5.91 Å². The summed E-state index contributed by atoms with van der Waals surface area (Å²) in [6.45, 7) is 13.3. The van der Waals surface area contributed by atoms with Crippen LogP contribution in [0.4, 0.5) is 0 Å². The van der Waals surface area contributed by atoms with Crippen LogP contribution in [0.2, 0.25) is 0 Å². The van der Waals surface area contributed by atoms with Crippen LogP contribution in [0.1, 0.15) is 53.4 Å². The number of amides is 1. The standard InChI is InChI=1S/C16H32N2O/c1-5-15(6-2)16(19)17-8-7-9-18-11-13(3)10-14(4)12-18/h13-15H,5-12H2,1-4H3,(H,17,19)/t13-,14+. The molecule has 0 aliphatic carbocycles. The Kier molecular flexibility index (Phi) is 7.44. The Morgan fingerprint density at radius 3 is 2.32 bits per heavy atom. The summed E-state index contributed by atoms with van der Waals surface area (Å²) in [4.78, 5) is 14.4. The molecule has 0 aromatic carbocycles. The molecule has 3 nitrogen and oxygen atoms in total. The fourth-order valence-electron chi connectivity index (χ4n) is 3.29. The van der Waals surface area contributed by atoms with Crippen LogP contribution >= 0.6 is 0 Å². The third-order valence-corrected chi connectivity index (χ3v) is 4.25. The molecule has 0 aromatic heterocycles. The summed E-state index contributed by atoms with van der Waals surface area (Å²) in [6, 6.07) is 0. The van der Waals surface area contributed by atoms with Crippen molar-refractivity contribution in [3.8, 4) is 0 Å². The zero-order valence-electron chi connectivity index (χ0n) is 13.2. The van der Waals surface area contributed by atoms with Crippen LogP contribution in [-0.2, 0) is 4.79 Å². The monoisotopic (exact) mass is 268 g/mol. The summed E-state index contributed by atoms with van der Waals surface area (Å²) in [7, 11) is 0. The van der Waals surface area contributed by atoms with Crippen molar-refractivity contribution >= 4 is 5.91 Å². The zero-order chi connectivity index (χ0) is 14.3. The molecule has 0 aromatic rings. The Hall–Kier alpha value is -0.570. The maximum absolute atomic E-state index is 11.8. The van der Waals surface area contributed by atoms with Gasteiger partial charge in [-0.2, -0.15) is 0 Å². The van der Waals surface area contributed by atoms with E-state index in [4.69, 9.17) is 0 Å². The first kappa shape index (κ1) is 16.5. The lowest BCUT2D eigenvalue weighted by molar-refractivity contribution is -0.125. The number of hydrogen-bond donors (Lipinski definition) is 1. The van der Waals surface area contributed by atoms with Gasteiger partial charge in [0, 0.05) is 25.6 Å². The quantitative estimate of drug-likeness (QED) is 0.720. The summed E-state index contributed by atoms with van der Waals surface area (Å²) in [5.74, 6) is 2.09. The first-order chi connectivity index (χ1) is 9.06. The lowest BCUT2D eigenvalue weighted by Crippen LogP contribution is -2.40. The number of carbonyl (C=O) groups is 1. The normalized spacial score (nSPS) is 24.7. The molecule has 0 radical (unpaired) electrons. The van der Waals surface area contributed by atoms with Crippen molar-refractivity contribution in [2.45, 2.75) is 53.4 Å². The van der Waals surface area contributed by atoms with Crippen molar-refractivity contribution in [3.05, 3.63) is 0 Å². The summed E-state index contributed by atoms with van der Waals surface area (Å²) in [6.07, 6.45) is 4.33. The van der Waals surface area contributed by atoms with Crippen molar-refractivity contribution in [1.29, 1.82) is 0 Å². The minimum Gasteiger partial charge on any atom is -0.356 e. The first-order valence-electron chi connectivity index (χ1n) is 8.06. The average Bonchev–Trinajstić information content (AvgIpc) is 2.35. The smallest absolute Gasteiger partial charge is 0.223 e. The molecule has 112 valence electrons. The second-order valence-electron chi connectivity index (χ2n) is 6.36. The molecular formula is C16H32N2O. The molecule has 0 unspecified atom stereocenters. The highest BCUT2D eigenvalue weighted by molar-refractivity contribution is 5.78. The highest BCUT2D eigenvalue weighted by Crippen LogP contribution is 2.20. The van der Waals surface area contributed by atoms with Gasteiger partial charge in [-0.3, -0.25) is 4.79 Å². The number of likely N-dealkylation sites (tertiary alicyclic amines) is 1. The Balaban J connectivity index is 2.15. The predicted octanol–water partition coefficient (Wildman–Crippen LogP) is 2.91. The lowest BCUT2D eigenvalue weighted by atomic mass is 9.92. The van der Waals surface area contributed by atoms with Gasteiger partial charge in [-0.1, -0.05) is 27.7 Å². The minimum atomic E-state index is 0.204. The van der Waals surface area contributed by atoms with Crippen molar-refractivity contribution < 1.29 is 4.79 Å². The summed E-state index contributed by atoms with van der Waals surface area (Å²) >= 11 is 0. The van der Waals surface area contributed by atoms with Gasteiger partial charge >= 0.3 is 0 Å². The Bertz CT molecular complexity index is 253. The highest BCUT2D eigenvalue weighted by atomic mass is 16.1. The average molecular weight is 268 g/mol. The molecule has 0 saturated carbocycles. The number of hydrogen-bond acceptors (Lipinski definition) is 2. The van der Waals surface area contributed by atoms with Crippen molar-refractivity contribution in [2.24, 2.45) is 17.8 Å². The van der Waals surface area contributed by atoms with E-state index < -0.39 is 0 Å². The molecule has 19 heavy (non-hydrogen) atoms. The first-order valence-corrected chi connectivity index (χ1v) is 8.06. The maximum Gasteiger partial charge on any atom is 0.223 e. The molecule has 2 atom stereocenters. The van der Waals surface area contributed by atoms with Gasteiger partial charge in [0.05, 0.1) is 0 Å². The van der Waals surface area contributed by atoms with Gasteiger partial charge in [0.15, 0.2) is 0 Å². The largest absolute Gasteiger partial charge is 0.356 e. The molecular weight excluding hydrogens is 236 g/mol. The van der Waals surface area contributed by atoms with E-state index in [1.54, 1.807) is 0 Å². The number of piperidine rings is 1. The Labute approximate surface area is 119 Å². The molecule has 1 aliphatic heterocycles. The summed E-state index contributed by atoms with van der Waals surface area (Å²) in [5.41, 5.74) is 0. The minimum absolute atomic E-state index is 0.204. The Morgan fingerprint density at radius 1 is 1.21 bits per heavy atom. The fourth-order valence-corrected chi connectivity index (χ4v) is 3.29. The zero-order valence-corrected chi connectivity index (χ0v) is 13.2. The van der Waals surface area contributed by atoms with Crippen molar-refractivity contribution in [3.63, 3.8) is 0 Å². The number of carbonyl (C=O) groups excluding carboxylic acids is 1. The second-order valence-corrected chi connectivity index (χ2v) is 6.36. The second kappa shape index (κ2) is 8.57. The SMILES string of the molecule is CCC(CC)C(=O)NCCCN1C[C@H](C)C[C@H](C)C1. The van der Waals surface area contributed by atoms with E-state index in [2.05, 4.69) is 37.9 Å². The van der Waals surface area contributed by atoms with E-state index in [1.165, 1.54) is 19.5 Å². The molecule has 0 spiro atoms. The molecule has 1 saturated heterocycles. The van der Waals surface area contributed by atoms with Crippen LogP contribution < -0.4 is 5.32 Å². The van der Waals surface area contributed by atoms with Crippen LogP contribution in [0.25, 0.3) is 0 Å². The summed E-state index contributed by atoms with van der Waals surface area (Å²) in [5, 5.41) is 3.08. The number of nitrogens with one attached hydrogen (secondary N) is 1. The van der Waals surface area contributed by atoms with E-state index >= 15 is 0 Å². The van der Waals surface area contributed by atoms with Gasteiger partial charge < -0.3 is 10.2 Å². The molecule has 1 fully saturated rings. The van der Waals surface area contributed by atoms with Gasteiger partial charge in [0.1, 0.15) is 0 Å². The topological polar surface area (TPSA) is 32.3 Å². The predicted molar refractivity (Wildman–Crippen MR) is 81.1 cm³/mol. The number of nitrogens with zero attached hydrogens (tertiary/aromatic N) is 1. The van der Waals surface area contributed by atoms with Gasteiger partial charge in [-0.25, -0.2) is 0 Å². The molecule has 1 N–H and O–H groups in total. The van der Waals surface area contributed by atoms with Crippen LogP contribution in [0.3, 0.4) is 0 Å². The van der Waals surface area contributed by atoms with E-state index in [9.17, 15) is 4.79 Å². The third kappa shape index (κ3) is 5.94. The van der Waals surface area contributed by atoms with E-state index in [-0.39, 0.29) is 11.8 Å². The Morgan fingerprint density at radius 2 is 1.79 bits per heavy atom. The van der Waals surface area contributed by atoms with Crippen molar-refractivity contribution in [2.75, 3.05) is 26.2 Å². The maximum atomic E-state index is 11.8. The van der Waals surface area contributed by atoms with Crippen LogP contribution in [0.5, 0.6) is 0 Å².